The van der Waals surface area contributed by atoms with Crippen molar-refractivity contribution in [2.45, 2.75) is 51.5 Å². The molecule has 0 amide bonds. The first-order valence-corrected chi connectivity index (χ1v) is 13.6. The summed E-state index contributed by atoms with van der Waals surface area (Å²) in [6.45, 7) is 10.4. The van der Waals surface area contributed by atoms with Crippen LogP contribution in [-0.2, 0) is 23.6 Å². The lowest BCUT2D eigenvalue weighted by atomic mass is 10.2. The van der Waals surface area contributed by atoms with E-state index in [2.05, 4.69) is 11.8 Å². The van der Waals surface area contributed by atoms with Crippen LogP contribution in [0.3, 0.4) is 0 Å². The summed E-state index contributed by atoms with van der Waals surface area (Å²) in [5, 5.41) is 0. The van der Waals surface area contributed by atoms with Crippen molar-refractivity contribution < 1.29 is 22.0 Å². The first-order valence-electron chi connectivity index (χ1n) is 10.4. The summed E-state index contributed by atoms with van der Waals surface area (Å²) in [5.74, 6) is 0. The highest BCUT2D eigenvalue weighted by molar-refractivity contribution is 7.89. The Balaban J connectivity index is 2.24. The third-order valence-electron chi connectivity index (χ3n) is 5.11. The Labute approximate surface area is 176 Å². The summed E-state index contributed by atoms with van der Waals surface area (Å²) in [6.07, 6.45) is 2.25. The lowest BCUT2D eigenvalue weighted by molar-refractivity contribution is 0.120. The van der Waals surface area contributed by atoms with Crippen LogP contribution >= 0.6 is 7.60 Å². The van der Waals surface area contributed by atoms with Gasteiger partial charge in [-0.3, -0.25) is 9.46 Å². The predicted molar refractivity (Wildman–Crippen MR) is 116 cm³/mol. The van der Waals surface area contributed by atoms with Crippen LogP contribution in [0.25, 0.3) is 0 Å². The van der Waals surface area contributed by atoms with Gasteiger partial charge in [-0.15, -0.1) is 0 Å². The second-order valence-corrected chi connectivity index (χ2v) is 11.4. The highest BCUT2D eigenvalue weighted by Gasteiger charge is 2.38. The molecule has 1 atom stereocenters. The Morgan fingerprint density at radius 1 is 1.07 bits per heavy atom. The molecule has 9 heteroatoms. The van der Waals surface area contributed by atoms with E-state index in [4.69, 9.17) is 9.05 Å². The molecule has 29 heavy (non-hydrogen) atoms. The molecule has 1 fully saturated rings. The van der Waals surface area contributed by atoms with Crippen molar-refractivity contribution in [2.24, 2.45) is 0 Å². The Morgan fingerprint density at radius 3 is 2.24 bits per heavy atom. The van der Waals surface area contributed by atoms with Gasteiger partial charge in [0.1, 0.15) is 0 Å². The third-order valence-corrected chi connectivity index (χ3v) is 9.16. The topological polar surface area (TPSA) is 76.2 Å². The van der Waals surface area contributed by atoms with E-state index in [1.165, 1.54) is 4.31 Å². The number of sulfonamides is 1. The van der Waals surface area contributed by atoms with Gasteiger partial charge in [-0.1, -0.05) is 31.0 Å². The number of hydrogen-bond acceptors (Lipinski definition) is 6. The summed E-state index contributed by atoms with van der Waals surface area (Å²) >= 11 is 0. The molecule has 1 aliphatic heterocycles. The SMILES string of the molecule is CCCCN1CCN(S(=O)(=O)c2ccc(C)cc2)CC1CP(=O)(OCC)OCC. The summed E-state index contributed by atoms with van der Waals surface area (Å²) in [4.78, 5) is 2.52. The Bertz CT molecular complexity index is 775. The summed E-state index contributed by atoms with van der Waals surface area (Å²) in [7, 11) is -6.88. The average molecular weight is 447 g/mol. The van der Waals surface area contributed by atoms with Gasteiger partial charge in [0, 0.05) is 25.7 Å². The molecule has 0 spiro atoms. The molecule has 0 N–H and O–H groups in total. The number of nitrogens with zero attached hydrogens (tertiary/aromatic N) is 2. The number of unbranched alkanes of at least 4 members (excludes halogenated alkanes) is 1. The molecule has 0 radical (unpaired) electrons. The zero-order valence-electron chi connectivity index (χ0n) is 18.0. The zero-order chi connectivity index (χ0) is 21.5. The van der Waals surface area contributed by atoms with Crippen molar-refractivity contribution >= 4 is 17.6 Å². The van der Waals surface area contributed by atoms with Gasteiger partial charge in [0.2, 0.25) is 10.0 Å². The van der Waals surface area contributed by atoms with E-state index in [9.17, 15) is 13.0 Å². The molecule has 166 valence electrons. The van der Waals surface area contributed by atoms with Gasteiger partial charge >= 0.3 is 7.60 Å². The Hall–Kier alpha value is -0.760. The third kappa shape index (κ3) is 6.61. The number of aryl methyl sites for hydroxylation is 1. The molecule has 2 rings (SSSR count). The van der Waals surface area contributed by atoms with Crippen molar-refractivity contribution in [1.82, 2.24) is 9.21 Å². The van der Waals surface area contributed by atoms with Gasteiger partial charge in [0.15, 0.2) is 0 Å². The van der Waals surface area contributed by atoms with Crippen LogP contribution in [0.1, 0.15) is 39.2 Å². The van der Waals surface area contributed by atoms with E-state index < -0.39 is 17.6 Å². The number of hydrogen-bond donors (Lipinski definition) is 0. The van der Waals surface area contributed by atoms with Crippen LogP contribution in [0.15, 0.2) is 29.2 Å². The maximum atomic E-state index is 13.2. The van der Waals surface area contributed by atoms with Crippen LogP contribution in [0.2, 0.25) is 0 Å². The van der Waals surface area contributed by atoms with Crippen LogP contribution in [-0.4, -0.2) is 69.2 Å². The van der Waals surface area contributed by atoms with E-state index in [1.807, 2.05) is 6.92 Å². The van der Waals surface area contributed by atoms with Crippen LogP contribution in [0.5, 0.6) is 0 Å². The average Bonchev–Trinajstić information content (AvgIpc) is 2.67. The molecule has 1 unspecified atom stereocenters. The number of rotatable bonds is 11. The molecule has 0 aliphatic carbocycles. The molecule has 1 aromatic rings. The number of piperazine rings is 1. The van der Waals surface area contributed by atoms with E-state index in [-0.39, 0.29) is 18.7 Å². The van der Waals surface area contributed by atoms with E-state index in [0.29, 0.717) is 31.2 Å². The second-order valence-electron chi connectivity index (χ2n) is 7.35. The minimum absolute atomic E-state index is 0.193. The first-order chi connectivity index (χ1) is 13.8. The van der Waals surface area contributed by atoms with Crippen LogP contribution in [0.4, 0.5) is 0 Å². The van der Waals surface area contributed by atoms with Gasteiger partial charge in [-0.25, -0.2) is 8.42 Å². The molecule has 7 nitrogen and oxygen atoms in total. The molecule has 1 saturated heterocycles. The van der Waals surface area contributed by atoms with Crippen molar-refractivity contribution in [2.75, 3.05) is 45.6 Å². The maximum absolute atomic E-state index is 13.2. The summed E-state index contributed by atoms with van der Waals surface area (Å²) in [5.41, 5.74) is 1.01. The molecule has 0 bridgehead atoms. The summed E-state index contributed by atoms with van der Waals surface area (Å²) in [6, 6.07) is 6.70. The second kappa shape index (κ2) is 11.0. The van der Waals surface area contributed by atoms with Crippen molar-refractivity contribution in [1.29, 1.82) is 0 Å². The fraction of sp³-hybridized carbons (Fsp3) is 0.700. The lowest BCUT2D eigenvalue weighted by Crippen LogP contribution is -2.56. The predicted octanol–water partition coefficient (Wildman–Crippen LogP) is 3.74. The standard InChI is InChI=1S/C20H35N2O5PS/c1-5-8-13-21-14-15-22(29(24,25)20-11-9-18(4)10-12-20)16-19(21)17-28(23,26-6-2)27-7-3/h9-12,19H,5-8,13-17H2,1-4H3. The van der Waals surface area contributed by atoms with Gasteiger partial charge < -0.3 is 9.05 Å². The van der Waals surface area contributed by atoms with Crippen LogP contribution in [0, 0.1) is 6.92 Å². The minimum atomic E-state index is -3.60. The molecular formula is C20H35N2O5PS. The minimum Gasteiger partial charge on any atom is -0.309 e. The van der Waals surface area contributed by atoms with Gasteiger partial charge in [0.05, 0.1) is 24.3 Å². The quantitative estimate of drug-likeness (QED) is 0.482. The molecule has 0 saturated carbocycles. The normalized spacial score (nSPS) is 19.5. The fourth-order valence-electron chi connectivity index (χ4n) is 3.56. The number of benzene rings is 1. The molecule has 1 aromatic carbocycles. The largest absolute Gasteiger partial charge is 0.332 e. The fourth-order valence-corrected chi connectivity index (χ4v) is 6.97. The summed E-state index contributed by atoms with van der Waals surface area (Å²) < 4.78 is 51.9. The molecule has 0 aromatic heterocycles. The lowest BCUT2D eigenvalue weighted by Gasteiger charge is -2.41. The van der Waals surface area contributed by atoms with E-state index in [0.717, 1.165) is 24.9 Å². The molecule has 1 aliphatic rings. The van der Waals surface area contributed by atoms with E-state index in [1.54, 1.807) is 38.1 Å². The van der Waals surface area contributed by atoms with Gasteiger partial charge in [-0.2, -0.15) is 4.31 Å². The smallest absolute Gasteiger partial charge is 0.309 e. The Kier molecular flexibility index (Phi) is 9.32. The maximum Gasteiger partial charge on any atom is 0.332 e. The van der Waals surface area contributed by atoms with Gasteiger partial charge in [0.25, 0.3) is 0 Å². The van der Waals surface area contributed by atoms with Crippen molar-refractivity contribution in [3.63, 3.8) is 0 Å². The highest BCUT2D eigenvalue weighted by atomic mass is 32.2. The highest BCUT2D eigenvalue weighted by Crippen LogP contribution is 2.49. The van der Waals surface area contributed by atoms with Crippen molar-refractivity contribution in [3.8, 4) is 0 Å². The van der Waals surface area contributed by atoms with E-state index >= 15 is 0 Å². The first kappa shape index (κ1) is 24.5. The van der Waals surface area contributed by atoms with Gasteiger partial charge in [-0.05, 0) is 45.9 Å². The monoisotopic (exact) mass is 446 g/mol. The molecular weight excluding hydrogens is 411 g/mol. The zero-order valence-corrected chi connectivity index (χ0v) is 19.8. The molecule has 1 heterocycles. The van der Waals surface area contributed by atoms with Crippen LogP contribution < -0.4 is 0 Å². The Morgan fingerprint density at radius 2 is 1.69 bits per heavy atom. The van der Waals surface area contributed by atoms with Crippen molar-refractivity contribution in [3.05, 3.63) is 29.8 Å².